The maximum atomic E-state index is 13.9. The van der Waals surface area contributed by atoms with Crippen LogP contribution in [0.3, 0.4) is 0 Å². The van der Waals surface area contributed by atoms with Crippen molar-refractivity contribution in [3.8, 4) is 5.75 Å². The fourth-order valence-electron chi connectivity index (χ4n) is 5.16. The van der Waals surface area contributed by atoms with Crippen LogP contribution in [-0.4, -0.2) is 56.3 Å². The normalized spacial score (nSPS) is 21.0. The molecule has 170 valence electrons. The lowest BCUT2D eigenvalue weighted by Gasteiger charge is -2.40. The molecule has 0 aromatic heterocycles. The molecule has 0 aliphatic carbocycles. The fraction of sp³-hybridized carbons (Fsp3) is 0.458. The van der Waals surface area contributed by atoms with Gasteiger partial charge in [-0.1, -0.05) is 18.2 Å². The van der Waals surface area contributed by atoms with Gasteiger partial charge in [0.15, 0.2) is 11.6 Å². The largest absolute Gasteiger partial charge is 0.494 e. The molecular formula is C24H30FN5O2. The zero-order chi connectivity index (χ0) is 22.1. The van der Waals surface area contributed by atoms with Crippen LogP contribution in [-0.2, 0) is 6.54 Å². The molecule has 3 aliphatic rings. The summed E-state index contributed by atoms with van der Waals surface area (Å²) in [6, 6.07) is 13.2. The molecule has 1 spiro atoms. The molecule has 2 amide bonds. The number of urea groups is 1. The molecule has 2 aromatic rings. The molecule has 8 heteroatoms. The number of methoxy groups -OCH3 is 1. The predicted molar refractivity (Wildman–Crippen MR) is 121 cm³/mol. The number of amides is 2. The minimum Gasteiger partial charge on any atom is -0.494 e. The highest BCUT2D eigenvalue weighted by molar-refractivity contribution is 5.95. The van der Waals surface area contributed by atoms with Crippen LogP contribution in [0.5, 0.6) is 5.75 Å². The topological polar surface area (TPSA) is 68.9 Å². The number of halogens is 1. The maximum absolute atomic E-state index is 13.9. The number of ether oxygens (including phenoxy) is 1. The number of carbonyl (C=O) groups excluding carboxylic acids is 1. The van der Waals surface area contributed by atoms with Gasteiger partial charge in [0.1, 0.15) is 0 Å². The van der Waals surface area contributed by atoms with Gasteiger partial charge in [-0.15, -0.1) is 0 Å². The molecule has 3 N–H and O–H groups in total. The number of nitrogens with one attached hydrogen (secondary N) is 3. The molecule has 0 atom stereocenters. The van der Waals surface area contributed by atoms with Gasteiger partial charge in [-0.3, -0.25) is 15.8 Å². The van der Waals surface area contributed by atoms with E-state index in [9.17, 15) is 9.18 Å². The molecule has 32 heavy (non-hydrogen) atoms. The number of hydrogen-bond acceptors (Lipinski definition) is 5. The molecule has 2 aromatic carbocycles. The van der Waals surface area contributed by atoms with E-state index in [-0.39, 0.29) is 17.3 Å². The summed E-state index contributed by atoms with van der Waals surface area (Å²) >= 11 is 0. The second kappa shape index (κ2) is 8.69. The zero-order valence-electron chi connectivity index (χ0n) is 18.4. The number of piperidine rings is 1. The molecule has 3 aliphatic heterocycles. The van der Waals surface area contributed by atoms with Crippen molar-refractivity contribution in [2.45, 2.75) is 30.8 Å². The Balaban J connectivity index is 1.41. The van der Waals surface area contributed by atoms with E-state index >= 15 is 0 Å². The van der Waals surface area contributed by atoms with E-state index in [1.54, 1.807) is 12.1 Å². The second-order valence-corrected chi connectivity index (χ2v) is 8.95. The van der Waals surface area contributed by atoms with E-state index in [1.165, 1.54) is 18.7 Å². The van der Waals surface area contributed by atoms with Gasteiger partial charge >= 0.3 is 6.03 Å². The Bertz CT molecular complexity index is 971. The number of benzene rings is 2. The predicted octanol–water partition coefficient (Wildman–Crippen LogP) is 2.59. The monoisotopic (exact) mass is 439 g/mol. The number of carbonyl (C=O) groups is 1. The van der Waals surface area contributed by atoms with Gasteiger partial charge in [-0.2, -0.15) is 0 Å². The Kier molecular flexibility index (Phi) is 5.75. The van der Waals surface area contributed by atoms with Gasteiger partial charge in [0, 0.05) is 31.2 Å². The first-order chi connectivity index (χ1) is 15.6. The number of nitrogens with zero attached hydrogens (tertiary/aromatic N) is 2. The highest BCUT2D eigenvalue weighted by Gasteiger charge is 2.50. The van der Waals surface area contributed by atoms with Crippen molar-refractivity contribution >= 4 is 11.7 Å². The Hall–Kier alpha value is -2.68. The summed E-state index contributed by atoms with van der Waals surface area (Å²) < 4.78 is 19.1. The summed E-state index contributed by atoms with van der Waals surface area (Å²) in [5.74, 6) is 0.255. The Morgan fingerprint density at radius 3 is 2.50 bits per heavy atom. The third-order valence-corrected chi connectivity index (χ3v) is 7.08. The lowest BCUT2D eigenvalue weighted by atomic mass is 9.87. The van der Waals surface area contributed by atoms with E-state index in [4.69, 9.17) is 4.74 Å². The summed E-state index contributed by atoms with van der Waals surface area (Å²) in [6.45, 7) is 4.68. The Morgan fingerprint density at radius 2 is 1.81 bits per heavy atom. The molecular weight excluding hydrogens is 409 g/mol. The molecule has 3 fully saturated rings. The van der Waals surface area contributed by atoms with Crippen molar-refractivity contribution in [2.75, 3.05) is 44.7 Å². The molecule has 5 rings (SSSR count). The standard InChI is InChI=1S/C24H30FN5O2/c1-32-22-12-17(2-7-21(22)25)15-30-23(31)29(16-24(30)8-10-26-11-9-24)20-5-3-18(4-6-20)19-13-27-28-14-19/h2-7,12,19,26-28H,8-11,13-16H2,1H3. The fourth-order valence-corrected chi connectivity index (χ4v) is 5.16. The van der Waals surface area contributed by atoms with Crippen LogP contribution in [0, 0.1) is 5.82 Å². The van der Waals surface area contributed by atoms with Crippen LogP contribution in [0.25, 0.3) is 0 Å². The summed E-state index contributed by atoms with van der Waals surface area (Å²) in [6.07, 6.45) is 1.79. The Morgan fingerprint density at radius 1 is 1.09 bits per heavy atom. The van der Waals surface area contributed by atoms with Crippen LogP contribution in [0.1, 0.15) is 29.9 Å². The minimum absolute atomic E-state index is 0.00661. The van der Waals surface area contributed by atoms with Crippen LogP contribution in [0.15, 0.2) is 42.5 Å². The van der Waals surface area contributed by atoms with Gasteiger partial charge in [0.25, 0.3) is 0 Å². The molecule has 0 saturated carbocycles. The van der Waals surface area contributed by atoms with Crippen molar-refractivity contribution in [3.63, 3.8) is 0 Å². The maximum Gasteiger partial charge on any atom is 0.325 e. The van der Waals surface area contributed by atoms with Gasteiger partial charge in [0.2, 0.25) is 0 Å². The second-order valence-electron chi connectivity index (χ2n) is 8.95. The van der Waals surface area contributed by atoms with Gasteiger partial charge in [-0.25, -0.2) is 9.18 Å². The SMILES string of the molecule is COc1cc(CN2C(=O)N(c3ccc(C4CNNC4)cc3)CC23CCNCC3)ccc1F. The van der Waals surface area contributed by atoms with Crippen molar-refractivity contribution in [2.24, 2.45) is 0 Å². The zero-order valence-corrected chi connectivity index (χ0v) is 18.4. The average Bonchev–Trinajstić information content (AvgIpc) is 3.45. The molecule has 3 saturated heterocycles. The third-order valence-electron chi connectivity index (χ3n) is 7.08. The highest BCUT2D eigenvalue weighted by Crippen LogP contribution is 2.38. The van der Waals surface area contributed by atoms with Gasteiger partial charge in [-0.05, 0) is 61.3 Å². The van der Waals surface area contributed by atoms with Crippen molar-refractivity contribution < 1.29 is 13.9 Å². The van der Waals surface area contributed by atoms with Crippen LogP contribution in [0.2, 0.25) is 0 Å². The third kappa shape index (κ3) is 3.83. The quantitative estimate of drug-likeness (QED) is 0.668. The first-order valence-corrected chi connectivity index (χ1v) is 11.3. The highest BCUT2D eigenvalue weighted by atomic mass is 19.1. The van der Waals surface area contributed by atoms with Crippen LogP contribution >= 0.6 is 0 Å². The molecule has 0 radical (unpaired) electrons. The minimum atomic E-state index is -0.394. The molecule has 7 nitrogen and oxygen atoms in total. The molecule has 3 heterocycles. The van der Waals surface area contributed by atoms with Gasteiger partial charge in [0.05, 0.1) is 19.2 Å². The van der Waals surface area contributed by atoms with Gasteiger partial charge < -0.3 is 15.0 Å². The lowest BCUT2D eigenvalue weighted by molar-refractivity contribution is 0.119. The van der Waals surface area contributed by atoms with Crippen molar-refractivity contribution in [1.29, 1.82) is 0 Å². The van der Waals surface area contributed by atoms with Crippen molar-refractivity contribution in [1.82, 2.24) is 21.1 Å². The van der Waals surface area contributed by atoms with Crippen LogP contribution in [0.4, 0.5) is 14.9 Å². The summed E-state index contributed by atoms with van der Waals surface area (Å²) in [7, 11) is 1.46. The lowest BCUT2D eigenvalue weighted by Crippen LogP contribution is -2.53. The molecule has 0 unspecified atom stereocenters. The van der Waals surface area contributed by atoms with E-state index in [1.807, 2.05) is 9.80 Å². The van der Waals surface area contributed by atoms with E-state index < -0.39 is 5.82 Å². The van der Waals surface area contributed by atoms with E-state index in [0.717, 1.165) is 50.3 Å². The first-order valence-electron chi connectivity index (χ1n) is 11.3. The van der Waals surface area contributed by atoms with Crippen LogP contribution < -0.4 is 25.8 Å². The summed E-state index contributed by atoms with van der Waals surface area (Å²) in [4.78, 5) is 17.5. The Labute approximate surface area is 187 Å². The van der Waals surface area contributed by atoms with E-state index in [0.29, 0.717) is 19.0 Å². The average molecular weight is 440 g/mol. The van der Waals surface area contributed by atoms with Crippen molar-refractivity contribution in [3.05, 3.63) is 59.4 Å². The summed E-state index contributed by atoms with van der Waals surface area (Å²) in [5, 5.41) is 3.42. The number of hydrazine groups is 1. The molecule has 0 bridgehead atoms. The number of hydrogen-bond donors (Lipinski definition) is 3. The summed E-state index contributed by atoms with van der Waals surface area (Å²) in [5.41, 5.74) is 9.16. The smallest absolute Gasteiger partial charge is 0.325 e. The first kappa shape index (κ1) is 21.2. The van der Waals surface area contributed by atoms with E-state index in [2.05, 4.69) is 40.4 Å². The number of rotatable bonds is 5. The number of anilines is 1.